The Hall–Kier alpha value is -2.46. The fourth-order valence-corrected chi connectivity index (χ4v) is 2.44. The van der Waals surface area contributed by atoms with Crippen molar-refractivity contribution in [1.82, 2.24) is 4.98 Å². The first kappa shape index (κ1) is 13.5. The molecule has 1 heterocycles. The van der Waals surface area contributed by atoms with Gasteiger partial charge in [0.15, 0.2) is 0 Å². The van der Waals surface area contributed by atoms with Crippen LogP contribution in [0.1, 0.15) is 5.56 Å². The van der Waals surface area contributed by atoms with Crippen molar-refractivity contribution in [2.24, 2.45) is 0 Å². The minimum absolute atomic E-state index is 0.0581. The molecule has 2 aromatic carbocycles. The number of rotatable bonds is 3. The first-order valence-corrected chi connectivity index (χ1v) is 6.67. The molecule has 0 aliphatic rings. The third-order valence-electron chi connectivity index (χ3n) is 3.54. The maximum absolute atomic E-state index is 13.4. The zero-order valence-electron chi connectivity index (χ0n) is 11.6. The first-order chi connectivity index (χ1) is 10.2. The SMILES string of the molecule is CN(c1cccc(F)c1)c1ncc(CO)c2ccccc12. The smallest absolute Gasteiger partial charge is 0.140 e. The molecular weight excluding hydrogens is 267 g/mol. The van der Waals surface area contributed by atoms with Gasteiger partial charge in [-0.1, -0.05) is 30.3 Å². The Morgan fingerprint density at radius 1 is 1.10 bits per heavy atom. The second-order valence-corrected chi connectivity index (χ2v) is 4.85. The van der Waals surface area contributed by atoms with E-state index >= 15 is 0 Å². The van der Waals surface area contributed by atoms with Crippen molar-refractivity contribution in [3.05, 3.63) is 66.1 Å². The van der Waals surface area contributed by atoms with Crippen molar-refractivity contribution in [3.63, 3.8) is 0 Å². The Balaban J connectivity index is 2.17. The van der Waals surface area contributed by atoms with Gasteiger partial charge in [0, 0.05) is 29.9 Å². The van der Waals surface area contributed by atoms with Crippen LogP contribution in [0.5, 0.6) is 0 Å². The Bertz CT molecular complexity index is 789. The molecule has 0 aliphatic heterocycles. The molecule has 0 fully saturated rings. The number of aromatic nitrogens is 1. The van der Waals surface area contributed by atoms with Crippen LogP contribution in [0, 0.1) is 5.82 Å². The van der Waals surface area contributed by atoms with E-state index in [0.717, 1.165) is 27.8 Å². The van der Waals surface area contributed by atoms with Crippen molar-refractivity contribution < 1.29 is 9.50 Å². The number of fused-ring (bicyclic) bond motifs is 1. The van der Waals surface area contributed by atoms with Crippen LogP contribution in [0.3, 0.4) is 0 Å². The molecular formula is C17H15FN2O. The molecule has 21 heavy (non-hydrogen) atoms. The summed E-state index contributed by atoms with van der Waals surface area (Å²) in [5, 5.41) is 11.3. The minimum Gasteiger partial charge on any atom is -0.392 e. The van der Waals surface area contributed by atoms with Crippen molar-refractivity contribution in [2.75, 3.05) is 11.9 Å². The average Bonchev–Trinajstić information content (AvgIpc) is 2.53. The van der Waals surface area contributed by atoms with E-state index in [0.29, 0.717) is 0 Å². The van der Waals surface area contributed by atoms with Crippen LogP contribution in [-0.2, 0) is 6.61 Å². The summed E-state index contributed by atoms with van der Waals surface area (Å²) in [6.45, 7) is -0.0581. The number of aliphatic hydroxyl groups is 1. The molecule has 4 heteroatoms. The first-order valence-electron chi connectivity index (χ1n) is 6.67. The monoisotopic (exact) mass is 282 g/mol. The molecule has 0 amide bonds. The minimum atomic E-state index is -0.282. The summed E-state index contributed by atoms with van der Waals surface area (Å²) in [6, 6.07) is 14.1. The van der Waals surface area contributed by atoms with Crippen LogP contribution in [0.25, 0.3) is 10.8 Å². The zero-order valence-corrected chi connectivity index (χ0v) is 11.6. The van der Waals surface area contributed by atoms with Crippen molar-refractivity contribution >= 4 is 22.3 Å². The molecule has 1 aromatic heterocycles. The molecule has 3 rings (SSSR count). The summed E-state index contributed by atoms with van der Waals surface area (Å²) < 4.78 is 13.4. The van der Waals surface area contributed by atoms with E-state index in [1.807, 2.05) is 42.3 Å². The number of anilines is 2. The molecule has 0 spiro atoms. The average molecular weight is 282 g/mol. The second-order valence-electron chi connectivity index (χ2n) is 4.85. The van der Waals surface area contributed by atoms with Gasteiger partial charge >= 0.3 is 0 Å². The quantitative estimate of drug-likeness (QED) is 0.797. The Kier molecular flexibility index (Phi) is 3.54. The molecule has 3 nitrogen and oxygen atoms in total. The molecule has 0 bridgehead atoms. The van der Waals surface area contributed by atoms with Crippen LogP contribution in [0.15, 0.2) is 54.7 Å². The Labute approximate surface area is 122 Å². The van der Waals surface area contributed by atoms with E-state index in [4.69, 9.17) is 0 Å². The summed E-state index contributed by atoms with van der Waals surface area (Å²) in [4.78, 5) is 6.27. The number of aliphatic hydroxyl groups excluding tert-OH is 1. The van der Waals surface area contributed by atoms with Crippen LogP contribution in [0.2, 0.25) is 0 Å². The van der Waals surface area contributed by atoms with E-state index in [1.165, 1.54) is 12.1 Å². The largest absolute Gasteiger partial charge is 0.392 e. The summed E-state index contributed by atoms with van der Waals surface area (Å²) in [5.74, 6) is 0.448. The number of pyridine rings is 1. The molecule has 1 N–H and O–H groups in total. The predicted octanol–water partition coefficient (Wildman–Crippen LogP) is 3.63. The van der Waals surface area contributed by atoms with Gasteiger partial charge < -0.3 is 10.0 Å². The third kappa shape index (κ3) is 2.45. The highest BCUT2D eigenvalue weighted by Crippen LogP contribution is 2.30. The lowest BCUT2D eigenvalue weighted by molar-refractivity contribution is 0.283. The predicted molar refractivity (Wildman–Crippen MR) is 82.1 cm³/mol. The van der Waals surface area contributed by atoms with Gasteiger partial charge in [0.05, 0.1) is 6.61 Å². The van der Waals surface area contributed by atoms with Gasteiger partial charge in [-0.2, -0.15) is 0 Å². The number of benzene rings is 2. The van der Waals surface area contributed by atoms with E-state index in [9.17, 15) is 9.50 Å². The van der Waals surface area contributed by atoms with Gasteiger partial charge in [-0.05, 0) is 23.6 Å². The van der Waals surface area contributed by atoms with Crippen molar-refractivity contribution in [2.45, 2.75) is 6.61 Å². The number of hydrogen-bond acceptors (Lipinski definition) is 3. The van der Waals surface area contributed by atoms with E-state index in [1.54, 1.807) is 12.3 Å². The fourth-order valence-electron chi connectivity index (χ4n) is 2.44. The molecule has 0 radical (unpaired) electrons. The zero-order chi connectivity index (χ0) is 14.8. The van der Waals surface area contributed by atoms with Gasteiger partial charge in [0.25, 0.3) is 0 Å². The Morgan fingerprint density at radius 3 is 2.57 bits per heavy atom. The lowest BCUT2D eigenvalue weighted by atomic mass is 10.1. The van der Waals surface area contributed by atoms with Crippen LogP contribution in [0.4, 0.5) is 15.9 Å². The van der Waals surface area contributed by atoms with E-state index in [-0.39, 0.29) is 12.4 Å². The molecule has 0 aliphatic carbocycles. The second kappa shape index (κ2) is 5.50. The maximum Gasteiger partial charge on any atom is 0.140 e. The number of hydrogen-bond donors (Lipinski definition) is 1. The van der Waals surface area contributed by atoms with E-state index < -0.39 is 0 Å². The highest BCUT2D eigenvalue weighted by Gasteiger charge is 2.12. The Morgan fingerprint density at radius 2 is 1.86 bits per heavy atom. The molecule has 0 saturated carbocycles. The highest BCUT2D eigenvalue weighted by atomic mass is 19.1. The van der Waals surface area contributed by atoms with Gasteiger partial charge in [-0.3, -0.25) is 0 Å². The lowest BCUT2D eigenvalue weighted by Gasteiger charge is -2.21. The summed E-state index contributed by atoms with van der Waals surface area (Å²) in [7, 11) is 1.85. The van der Waals surface area contributed by atoms with Crippen molar-refractivity contribution in [3.8, 4) is 0 Å². The van der Waals surface area contributed by atoms with Gasteiger partial charge in [-0.15, -0.1) is 0 Å². The number of halogens is 1. The molecule has 0 atom stereocenters. The highest BCUT2D eigenvalue weighted by molar-refractivity contribution is 5.95. The van der Waals surface area contributed by atoms with Gasteiger partial charge in [0.1, 0.15) is 11.6 Å². The molecule has 0 saturated heterocycles. The fraction of sp³-hybridized carbons (Fsp3) is 0.118. The van der Waals surface area contributed by atoms with Gasteiger partial charge in [-0.25, -0.2) is 9.37 Å². The normalized spacial score (nSPS) is 10.8. The summed E-state index contributed by atoms with van der Waals surface area (Å²) in [6.07, 6.45) is 1.66. The van der Waals surface area contributed by atoms with E-state index in [2.05, 4.69) is 4.98 Å². The van der Waals surface area contributed by atoms with Crippen molar-refractivity contribution in [1.29, 1.82) is 0 Å². The maximum atomic E-state index is 13.4. The standard InChI is InChI=1S/C17H15FN2O/c1-20(14-6-4-5-13(18)9-14)17-16-8-3-2-7-15(16)12(11-21)10-19-17/h2-10,21H,11H2,1H3. The van der Waals surface area contributed by atoms with Crippen LogP contribution in [-0.4, -0.2) is 17.1 Å². The molecule has 0 unspecified atom stereocenters. The third-order valence-corrected chi connectivity index (χ3v) is 3.54. The number of nitrogens with zero attached hydrogens (tertiary/aromatic N) is 2. The van der Waals surface area contributed by atoms with Crippen LogP contribution < -0.4 is 4.90 Å². The lowest BCUT2D eigenvalue weighted by Crippen LogP contribution is -2.12. The summed E-state index contributed by atoms with van der Waals surface area (Å²) in [5.41, 5.74) is 1.51. The summed E-state index contributed by atoms with van der Waals surface area (Å²) >= 11 is 0. The molecule has 3 aromatic rings. The topological polar surface area (TPSA) is 36.4 Å². The van der Waals surface area contributed by atoms with Crippen LogP contribution >= 0.6 is 0 Å². The van der Waals surface area contributed by atoms with Gasteiger partial charge in [0.2, 0.25) is 0 Å². The molecule has 106 valence electrons.